The van der Waals surface area contributed by atoms with E-state index in [2.05, 4.69) is 10.3 Å². The first-order valence-electron chi connectivity index (χ1n) is 7.65. The maximum atomic E-state index is 12.1. The first kappa shape index (κ1) is 15.7. The van der Waals surface area contributed by atoms with Crippen LogP contribution in [0.3, 0.4) is 0 Å². The zero-order valence-electron chi connectivity index (χ0n) is 12.5. The summed E-state index contributed by atoms with van der Waals surface area (Å²) in [5, 5.41) is 14.4. The standard InChI is InChI=1S/C16H17N3O3S/c20-15-14(10-11-6-4-5-9-13(11)19(21)22)23-16(18-15)17-12-7-2-1-3-8-12/h4-6,9-10,12H,1-3,7-8H2,(H,17,18,20). The Labute approximate surface area is 138 Å². The number of rotatable bonds is 3. The number of benzene rings is 1. The normalized spacial score (nSPS) is 22.5. The number of nitro benzene ring substituents is 1. The van der Waals surface area contributed by atoms with Crippen molar-refractivity contribution in [3.05, 3.63) is 44.8 Å². The topological polar surface area (TPSA) is 84.6 Å². The fraction of sp³-hybridized carbons (Fsp3) is 0.375. The molecule has 1 aromatic carbocycles. The Hall–Kier alpha value is -2.15. The summed E-state index contributed by atoms with van der Waals surface area (Å²) in [5.74, 6) is -0.247. The lowest BCUT2D eigenvalue weighted by atomic mass is 9.96. The van der Waals surface area contributed by atoms with Gasteiger partial charge in [-0.2, -0.15) is 0 Å². The molecule has 1 aliphatic heterocycles. The van der Waals surface area contributed by atoms with E-state index in [1.54, 1.807) is 24.3 Å². The second kappa shape index (κ2) is 6.95. The Morgan fingerprint density at radius 1 is 1.26 bits per heavy atom. The van der Waals surface area contributed by atoms with E-state index in [9.17, 15) is 14.9 Å². The SMILES string of the molecule is O=C1NC(=NC2CCCCC2)SC1=Cc1ccccc1[N+](=O)[O-]. The lowest BCUT2D eigenvalue weighted by Gasteiger charge is -2.17. The molecular weight excluding hydrogens is 314 g/mol. The minimum atomic E-state index is -0.444. The van der Waals surface area contributed by atoms with Crippen LogP contribution in [0.15, 0.2) is 34.2 Å². The Kier molecular flexibility index (Phi) is 4.76. The van der Waals surface area contributed by atoms with Crippen LogP contribution in [0.25, 0.3) is 6.08 Å². The van der Waals surface area contributed by atoms with Crippen LogP contribution in [-0.2, 0) is 4.79 Å². The van der Waals surface area contributed by atoms with Crippen molar-refractivity contribution in [1.29, 1.82) is 0 Å². The van der Waals surface area contributed by atoms with Gasteiger partial charge in [0.25, 0.3) is 11.6 Å². The van der Waals surface area contributed by atoms with Crippen molar-refractivity contribution in [2.45, 2.75) is 38.1 Å². The van der Waals surface area contributed by atoms with Gasteiger partial charge < -0.3 is 5.32 Å². The lowest BCUT2D eigenvalue weighted by molar-refractivity contribution is -0.385. The molecule has 0 spiro atoms. The predicted octanol–water partition coefficient (Wildman–Crippen LogP) is 3.49. The minimum Gasteiger partial charge on any atom is -0.301 e. The highest BCUT2D eigenvalue weighted by atomic mass is 32.2. The molecule has 1 aromatic rings. The van der Waals surface area contributed by atoms with Crippen molar-refractivity contribution in [3.63, 3.8) is 0 Å². The van der Waals surface area contributed by atoms with E-state index < -0.39 is 4.92 Å². The van der Waals surface area contributed by atoms with E-state index in [-0.39, 0.29) is 17.6 Å². The Morgan fingerprint density at radius 2 is 2.00 bits per heavy atom. The van der Waals surface area contributed by atoms with Crippen LogP contribution >= 0.6 is 11.8 Å². The van der Waals surface area contributed by atoms with Crippen LogP contribution in [0.2, 0.25) is 0 Å². The molecule has 2 aliphatic rings. The molecule has 1 saturated heterocycles. The molecule has 0 atom stereocenters. The zero-order valence-corrected chi connectivity index (χ0v) is 13.3. The quantitative estimate of drug-likeness (QED) is 0.522. The van der Waals surface area contributed by atoms with Gasteiger partial charge in [-0.1, -0.05) is 31.4 Å². The van der Waals surface area contributed by atoms with Gasteiger partial charge in [0.2, 0.25) is 0 Å². The van der Waals surface area contributed by atoms with Crippen molar-refractivity contribution in [1.82, 2.24) is 5.32 Å². The summed E-state index contributed by atoms with van der Waals surface area (Å²) >= 11 is 1.26. The number of nitro groups is 1. The molecule has 3 rings (SSSR count). The third-order valence-electron chi connectivity index (χ3n) is 3.95. The summed E-state index contributed by atoms with van der Waals surface area (Å²) < 4.78 is 0. The van der Waals surface area contributed by atoms with E-state index in [1.165, 1.54) is 37.1 Å². The number of aliphatic imine (C=N–C) groups is 1. The molecule has 0 aromatic heterocycles. The van der Waals surface area contributed by atoms with Crippen LogP contribution in [0, 0.1) is 10.1 Å². The molecule has 1 aliphatic carbocycles. The molecule has 1 N–H and O–H groups in total. The van der Waals surface area contributed by atoms with Gasteiger partial charge in [-0.15, -0.1) is 0 Å². The van der Waals surface area contributed by atoms with Gasteiger partial charge in [0.05, 0.1) is 21.4 Å². The first-order valence-corrected chi connectivity index (χ1v) is 8.47. The molecule has 1 amide bonds. The summed E-state index contributed by atoms with van der Waals surface area (Å²) in [5.41, 5.74) is 0.417. The monoisotopic (exact) mass is 331 g/mol. The van der Waals surface area contributed by atoms with Crippen molar-refractivity contribution >= 4 is 34.6 Å². The molecule has 2 fully saturated rings. The van der Waals surface area contributed by atoms with E-state index in [0.29, 0.717) is 15.6 Å². The highest BCUT2D eigenvalue weighted by Gasteiger charge is 2.26. The molecule has 23 heavy (non-hydrogen) atoms. The first-order chi connectivity index (χ1) is 11.1. The van der Waals surface area contributed by atoms with Crippen molar-refractivity contribution in [2.75, 3.05) is 0 Å². The minimum absolute atomic E-state index is 0.00827. The second-order valence-electron chi connectivity index (χ2n) is 5.61. The average Bonchev–Trinajstić information content (AvgIpc) is 2.88. The van der Waals surface area contributed by atoms with Crippen LogP contribution in [0.5, 0.6) is 0 Å². The number of nitrogens with one attached hydrogen (secondary N) is 1. The number of amides is 1. The molecule has 6 nitrogen and oxygen atoms in total. The molecule has 1 heterocycles. The summed E-state index contributed by atoms with van der Waals surface area (Å²) in [7, 11) is 0. The predicted molar refractivity (Wildman–Crippen MR) is 91.1 cm³/mol. The van der Waals surface area contributed by atoms with Crippen LogP contribution in [0.4, 0.5) is 5.69 Å². The van der Waals surface area contributed by atoms with Crippen LogP contribution in [-0.4, -0.2) is 22.0 Å². The summed E-state index contributed by atoms with van der Waals surface area (Å²) in [6.45, 7) is 0. The van der Waals surface area contributed by atoms with Gasteiger partial charge in [-0.3, -0.25) is 19.9 Å². The van der Waals surface area contributed by atoms with E-state index in [4.69, 9.17) is 0 Å². The maximum absolute atomic E-state index is 12.1. The van der Waals surface area contributed by atoms with Gasteiger partial charge >= 0.3 is 0 Å². The molecular formula is C16H17N3O3S. The summed E-state index contributed by atoms with van der Waals surface area (Å²) in [6, 6.07) is 6.67. The van der Waals surface area contributed by atoms with Crippen LogP contribution < -0.4 is 5.32 Å². The summed E-state index contributed by atoms with van der Waals surface area (Å²) in [4.78, 5) is 27.7. The molecule has 7 heteroatoms. The fourth-order valence-electron chi connectivity index (χ4n) is 2.78. The third-order valence-corrected chi connectivity index (χ3v) is 4.87. The molecule has 0 bridgehead atoms. The van der Waals surface area contributed by atoms with Gasteiger partial charge in [0, 0.05) is 6.07 Å². The van der Waals surface area contributed by atoms with Crippen molar-refractivity contribution in [2.24, 2.45) is 4.99 Å². The van der Waals surface area contributed by atoms with Crippen LogP contribution in [0.1, 0.15) is 37.7 Å². The highest BCUT2D eigenvalue weighted by molar-refractivity contribution is 8.18. The number of thioether (sulfide) groups is 1. The Bertz CT molecular complexity index is 694. The largest absolute Gasteiger partial charge is 0.301 e. The van der Waals surface area contributed by atoms with Gasteiger partial charge in [0.1, 0.15) is 0 Å². The second-order valence-corrected chi connectivity index (χ2v) is 6.64. The van der Waals surface area contributed by atoms with E-state index in [1.807, 2.05) is 0 Å². The van der Waals surface area contributed by atoms with Crippen molar-refractivity contribution in [3.8, 4) is 0 Å². The number of hydrogen-bond donors (Lipinski definition) is 1. The maximum Gasteiger partial charge on any atom is 0.276 e. The number of para-hydroxylation sites is 1. The van der Waals surface area contributed by atoms with Gasteiger partial charge in [0.15, 0.2) is 5.17 Å². The zero-order chi connectivity index (χ0) is 16.2. The molecule has 0 radical (unpaired) electrons. The smallest absolute Gasteiger partial charge is 0.276 e. The number of carbonyl (C=O) groups is 1. The number of amidine groups is 1. The Morgan fingerprint density at radius 3 is 2.74 bits per heavy atom. The fourth-order valence-corrected chi connectivity index (χ4v) is 3.66. The summed E-state index contributed by atoms with van der Waals surface area (Å²) in [6.07, 6.45) is 7.29. The third kappa shape index (κ3) is 3.79. The number of nitrogens with zero attached hydrogens (tertiary/aromatic N) is 2. The number of hydrogen-bond acceptors (Lipinski definition) is 5. The molecule has 0 unspecified atom stereocenters. The van der Waals surface area contributed by atoms with E-state index >= 15 is 0 Å². The lowest BCUT2D eigenvalue weighted by Crippen LogP contribution is -2.22. The molecule has 1 saturated carbocycles. The van der Waals surface area contributed by atoms with Gasteiger partial charge in [-0.25, -0.2) is 0 Å². The Balaban J connectivity index is 1.80. The molecule has 120 valence electrons. The van der Waals surface area contributed by atoms with Crippen molar-refractivity contribution < 1.29 is 9.72 Å². The van der Waals surface area contributed by atoms with E-state index in [0.717, 1.165) is 12.8 Å². The van der Waals surface area contributed by atoms with Gasteiger partial charge in [-0.05, 0) is 36.7 Å². The number of carbonyl (C=O) groups excluding carboxylic acids is 1. The average molecular weight is 331 g/mol. The highest BCUT2D eigenvalue weighted by Crippen LogP contribution is 2.30.